The summed E-state index contributed by atoms with van der Waals surface area (Å²) in [4.78, 5) is 10.6. The molecule has 2 aliphatic heterocycles. The van der Waals surface area contributed by atoms with Gasteiger partial charge >= 0.3 is 0 Å². The zero-order chi connectivity index (χ0) is 23.9. The van der Waals surface area contributed by atoms with Gasteiger partial charge < -0.3 is 25.1 Å². The second-order valence-corrected chi connectivity index (χ2v) is 8.71. The number of nitrogen functional groups attached to an aromatic ring is 1. The molecule has 0 atom stereocenters. The largest absolute Gasteiger partial charge is 0.490 e. The Morgan fingerprint density at radius 2 is 2.12 bits per heavy atom. The maximum Gasteiger partial charge on any atom is 0.158 e. The van der Waals surface area contributed by atoms with Gasteiger partial charge in [-0.2, -0.15) is 0 Å². The van der Waals surface area contributed by atoms with Gasteiger partial charge in [0.15, 0.2) is 17.4 Å². The van der Waals surface area contributed by atoms with Gasteiger partial charge in [-0.3, -0.25) is 4.98 Å². The first-order chi connectivity index (χ1) is 16.4. The molecule has 34 heavy (non-hydrogen) atoms. The number of hydrogen-bond donors (Lipinski definition) is 2. The zero-order valence-electron chi connectivity index (χ0n) is 19.3. The first-order valence-electron chi connectivity index (χ1n) is 11.3. The molecule has 4 heterocycles. The van der Waals surface area contributed by atoms with Crippen LogP contribution < -0.4 is 26.2 Å². The Morgan fingerprint density at radius 3 is 2.82 bits per heavy atom. The van der Waals surface area contributed by atoms with Crippen LogP contribution in [0, 0.1) is 23.1 Å². The van der Waals surface area contributed by atoms with Gasteiger partial charge in [0.25, 0.3) is 0 Å². The van der Waals surface area contributed by atoms with Crippen LogP contribution in [-0.2, 0) is 4.74 Å². The summed E-state index contributed by atoms with van der Waals surface area (Å²) < 4.78 is 26.7. The number of fused-ring (bicyclic) bond motifs is 2. The van der Waals surface area contributed by atoms with Crippen LogP contribution in [0.15, 0.2) is 30.6 Å². The van der Waals surface area contributed by atoms with Gasteiger partial charge in [0, 0.05) is 25.2 Å². The summed E-state index contributed by atoms with van der Waals surface area (Å²) in [6.07, 6.45) is 4.36. The van der Waals surface area contributed by atoms with Crippen molar-refractivity contribution in [2.24, 2.45) is 11.3 Å². The average molecular weight is 463 g/mol. The lowest BCUT2D eigenvalue weighted by Crippen LogP contribution is -2.40. The van der Waals surface area contributed by atoms with Gasteiger partial charge in [0.1, 0.15) is 11.5 Å². The van der Waals surface area contributed by atoms with Crippen molar-refractivity contribution in [1.29, 1.82) is 0 Å². The molecule has 4 N–H and O–H groups in total. The topological polar surface area (TPSA) is 103 Å². The molecular formula is C25H27FN6O2. The van der Waals surface area contributed by atoms with Gasteiger partial charge in [0.05, 0.1) is 48.1 Å². The van der Waals surface area contributed by atoms with Crippen molar-refractivity contribution in [2.75, 3.05) is 49.1 Å². The number of hydrogen-bond acceptors (Lipinski definition) is 8. The monoisotopic (exact) mass is 462 g/mol. The Kier molecular flexibility index (Phi) is 5.63. The van der Waals surface area contributed by atoms with Crippen LogP contribution in [0.25, 0.3) is 10.8 Å². The Morgan fingerprint density at radius 1 is 1.29 bits per heavy atom. The van der Waals surface area contributed by atoms with E-state index in [-0.39, 0.29) is 11.2 Å². The number of halogens is 1. The molecule has 0 radical (unpaired) electrons. The van der Waals surface area contributed by atoms with Crippen molar-refractivity contribution < 1.29 is 13.9 Å². The molecule has 0 spiro atoms. The van der Waals surface area contributed by atoms with Crippen molar-refractivity contribution >= 4 is 33.8 Å². The first-order valence-corrected chi connectivity index (χ1v) is 11.3. The summed E-state index contributed by atoms with van der Waals surface area (Å²) in [6, 6.07) is 5.79. The van der Waals surface area contributed by atoms with E-state index in [9.17, 15) is 0 Å². The normalized spacial score (nSPS) is 16.5. The number of para-hydroxylation sites is 1. The van der Waals surface area contributed by atoms with Gasteiger partial charge in [-0.1, -0.05) is 24.8 Å². The van der Waals surface area contributed by atoms with E-state index in [0.717, 1.165) is 17.7 Å². The van der Waals surface area contributed by atoms with Gasteiger partial charge in [0.2, 0.25) is 0 Å². The van der Waals surface area contributed by atoms with E-state index in [4.69, 9.17) is 21.1 Å². The summed E-state index contributed by atoms with van der Waals surface area (Å²) in [7, 11) is 1.63. The van der Waals surface area contributed by atoms with Crippen molar-refractivity contribution in [3.05, 3.63) is 42.0 Å². The fourth-order valence-electron chi connectivity index (χ4n) is 4.41. The van der Waals surface area contributed by atoms with Gasteiger partial charge in [-0.25, -0.2) is 15.2 Å². The standard InChI is InChI=1S/C25H27FN6O2/c1-3-25(14-33-15-25)9-8-16-6-4-7-19-22(16)34-11-5-10-32(19)24-20-17(12-29-13-18(20)26)21(31(2)28)23(27)30-24/h4,6-7,12-13H,3,5,10-11,14-15,28H2,1-2H3,(H2,27,30). The minimum Gasteiger partial charge on any atom is -0.490 e. The summed E-state index contributed by atoms with van der Waals surface area (Å²) in [5.74, 6) is 13.4. The number of anilines is 4. The van der Waals surface area contributed by atoms with Crippen LogP contribution in [0.2, 0.25) is 0 Å². The molecule has 5 rings (SSSR count). The molecule has 0 aliphatic carbocycles. The van der Waals surface area contributed by atoms with E-state index >= 15 is 4.39 Å². The van der Waals surface area contributed by atoms with Gasteiger partial charge in [-0.05, 0) is 25.0 Å². The average Bonchev–Trinajstić information content (AvgIpc) is 3.01. The van der Waals surface area contributed by atoms with E-state index < -0.39 is 5.82 Å². The summed E-state index contributed by atoms with van der Waals surface area (Å²) >= 11 is 0. The molecule has 0 saturated carbocycles. The van der Waals surface area contributed by atoms with E-state index in [1.54, 1.807) is 13.2 Å². The smallest absolute Gasteiger partial charge is 0.158 e. The second kappa shape index (κ2) is 8.63. The molecule has 176 valence electrons. The summed E-state index contributed by atoms with van der Waals surface area (Å²) in [5.41, 5.74) is 8.14. The maximum absolute atomic E-state index is 15.2. The predicted octanol–water partition coefficient (Wildman–Crippen LogP) is 3.36. The predicted molar refractivity (Wildman–Crippen MR) is 130 cm³/mol. The van der Waals surface area contributed by atoms with Crippen molar-refractivity contribution in [3.63, 3.8) is 0 Å². The molecule has 9 heteroatoms. The molecule has 1 saturated heterocycles. The minimum atomic E-state index is -0.499. The lowest BCUT2D eigenvalue weighted by Gasteiger charge is -2.35. The van der Waals surface area contributed by atoms with Crippen LogP contribution >= 0.6 is 0 Å². The first kappa shape index (κ1) is 22.2. The SMILES string of the molecule is CCC1(C#Cc2cccc3c2OCCCN3c2nc(N)c(N(C)N)c3cncc(F)c23)COC1. The second-order valence-electron chi connectivity index (χ2n) is 8.71. The number of benzene rings is 1. The third-order valence-electron chi connectivity index (χ3n) is 6.41. The van der Waals surface area contributed by atoms with Crippen molar-refractivity contribution in [3.8, 4) is 17.6 Å². The van der Waals surface area contributed by atoms with E-state index in [0.29, 0.717) is 60.8 Å². The van der Waals surface area contributed by atoms with E-state index in [2.05, 4.69) is 28.7 Å². The molecular weight excluding hydrogens is 435 g/mol. The highest BCUT2D eigenvalue weighted by Crippen LogP contribution is 2.43. The molecule has 1 fully saturated rings. The third kappa shape index (κ3) is 3.65. The highest BCUT2D eigenvalue weighted by molar-refractivity contribution is 6.05. The highest BCUT2D eigenvalue weighted by Gasteiger charge is 2.35. The molecule has 1 aromatic carbocycles. The molecule has 3 aromatic rings. The van der Waals surface area contributed by atoms with E-state index in [1.165, 1.54) is 11.2 Å². The lowest BCUT2D eigenvalue weighted by molar-refractivity contribution is -0.0775. The number of rotatable bonds is 3. The van der Waals surface area contributed by atoms with E-state index in [1.807, 2.05) is 23.1 Å². The Balaban J connectivity index is 1.68. The summed E-state index contributed by atoms with van der Waals surface area (Å²) in [5, 5.41) is 2.12. The fraction of sp³-hybridized carbons (Fsp3) is 0.360. The van der Waals surface area contributed by atoms with Crippen LogP contribution in [0.3, 0.4) is 0 Å². The fourth-order valence-corrected chi connectivity index (χ4v) is 4.41. The number of aromatic nitrogens is 2. The number of hydrazine groups is 1. The molecule has 0 bridgehead atoms. The molecule has 2 aromatic heterocycles. The molecule has 0 amide bonds. The van der Waals surface area contributed by atoms with Gasteiger partial charge in [-0.15, -0.1) is 0 Å². The van der Waals surface area contributed by atoms with Crippen LogP contribution in [0.1, 0.15) is 25.3 Å². The van der Waals surface area contributed by atoms with Crippen LogP contribution in [-0.4, -0.2) is 43.4 Å². The number of pyridine rings is 2. The molecule has 2 aliphatic rings. The Hall–Kier alpha value is -3.61. The lowest BCUT2D eigenvalue weighted by atomic mass is 9.84. The van der Waals surface area contributed by atoms with Crippen LogP contribution in [0.5, 0.6) is 5.75 Å². The van der Waals surface area contributed by atoms with Crippen LogP contribution in [0.4, 0.5) is 27.4 Å². The quantitative estimate of drug-likeness (QED) is 0.347. The van der Waals surface area contributed by atoms with Crippen molar-refractivity contribution in [2.45, 2.75) is 19.8 Å². The summed E-state index contributed by atoms with van der Waals surface area (Å²) in [6.45, 7) is 4.48. The maximum atomic E-state index is 15.2. The third-order valence-corrected chi connectivity index (χ3v) is 6.41. The highest BCUT2D eigenvalue weighted by atomic mass is 19.1. The molecule has 8 nitrogen and oxygen atoms in total. The zero-order valence-corrected chi connectivity index (χ0v) is 19.3. The van der Waals surface area contributed by atoms with Crippen molar-refractivity contribution in [1.82, 2.24) is 9.97 Å². The minimum absolute atomic E-state index is 0.112. The molecule has 0 unspecified atom stereocenters. The Labute approximate surface area is 197 Å². The Bertz CT molecular complexity index is 1310. The number of nitrogens with two attached hydrogens (primary N) is 2. The number of ether oxygens (including phenoxy) is 2. The number of nitrogens with zero attached hydrogens (tertiary/aromatic N) is 4.